The van der Waals surface area contributed by atoms with E-state index in [1.807, 2.05) is 36.7 Å². The van der Waals surface area contributed by atoms with Crippen molar-refractivity contribution in [2.45, 2.75) is 33.4 Å². The second kappa shape index (κ2) is 5.70. The van der Waals surface area contributed by atoms with Gasteiger partial charge in [-0.3, -0.25) is 4.98 Å². The number of nitrogens with one attached hydrogen (secondary N) is 1. The fourth-order valence-corrected chi connectivity index (χ4v) is 2.64. The molecule has 3 nitrogen and oxygen atoms in total. The zero-order valence-electron chi connectivity index (χ0n) is 12.7. The monoisotopic (exact) mass is 280 g/mol. The van der Waals surface area contributed by atoms with Gasteiger partial charge in [-0.25, -0.2) is 0 Å². The molecule has 1 N–H and O–H groups in total. The second-order valence-corrected chi connectivity index (χ2v) is 5.49. The lowest BCUT2D eigenvalue weighted by Gasteiger charge is -2.13. The van der Waals surface area contributed by atoms with Gasteiger partial charge in [-0.2, -0.15) is 0 Å². The van der Waals surface area contributed by atoms with Crippen molar-refractivity contribution < 1.29 is 4.42 Å². The van der Waals surface area contributed by atoms with Crippen molar-refractivity contribution in [1.82, 2.24) is 10.3 Å². The molecule has 3 rings (SSSR count). The molecule has 2 aromatic heterocycles. The summed E-state index contributed by atoms with van der Waals surface area (Å²) in [6.07, 6.45) is 3.74. The van der Waals surface area contributed by atoms with Crippen LogP contribution in [0.25, 0.3) is 11.0 Å². The molecule has 21 heavy (non-hydrogen) atoms. The normalized spacial score (nSPS) is 12.7. The van der Waals surface area contributed by atoms with Gasteiger partial charge in [0.15, 0.2) is 0 Å². The third-order valence-corrected chi connectivity index (χ3v) is 4.02. The van der Waals surface area contributed by atoms with Crippen LogP contribution in [0, 0.1) is 13.8 Å². The Morgan fingerprint density at radius 2 is 2.00 bits per heavy atom. The van der Waals surface area contributed by atoms with Crippen LogP contribution in [-0.4, -0.2) is 4.98 Å². The zero-order valence-corrected chi connectivity index (χ0v) is 12.7. The van der Waals surface area contributed by atoms with E-state index in [1.54, 1.807) is 0 Å². The maximum absolute atomic E-state index is 6.00. The zero-order chi connectivity index (χ0) is 14.8. The van der Waals surface area contributed by atoms with E-state index in [9.17, 15) is 0 Å². The van der Waals surface area contributed by atoms with Gasteiger partial charge in [-0.05, 0) is 49.6 Å². The van der Waals surface area contributed by atoms with Crippen LogP contribution < -0.4 is 5.32 Å². The van der Waals surface area contributed by atoms with Gasteiger partial charge in [0.2, 0.25) is 0 Å². The molecule has 3 aromatic rings. The van der Waals surface area contributed by atoms with Crippen LogP contribution in [0.15, 0.2) is 47.1 Å². The third-order valence-electron chi connectivity index (χ3n) is 4.02. The largest absolute Gasteiger partial charge is 0.459 e. The van der Waals surface area contributed by atoms with Crippen LogP contribution in [-0.2, 0) is 6.54 Å². The number of fused-ring (bicyclic) bond motifs is 1. The van der Waals surface area contributed by atoms with E-state index >= 15 is 0 Å². The van der Waals surface area contributed by atoms with Crippen LogP contribution in [0.1, 0.15) is 35.4 Å². The number of pyridine rings is 1. The predicted molar refractivity (Wildman–Crippen MR) is 85.2 cm³/mol. The minimum atomic E-state index is 0.164. The molecule has 0 amide bonds. The van der Waals surface area contributed by atoms with Crippen LogP contribution in [0.3, 0.4) is 0 Å². The lowest BCUT2D eigenvalue weighted by Crippen LogP contribution is -2.18. The summed E-state index contributed by atoms with van der Waals surface area (Å²) in [5.41, 5.74) is 4.65. The molecule has 0 aliphatic rings. The number of benzene rings is 1. The smallest absolute Gasteiger partial charge is 0.134 e. The van der Waals surface area contributed by atoms with Crippen LogP contribution in [0.5, 0.6) is 0 Å². The Kier molecular flexibility index (Phi) is 3.76. The standard InChI is InChI=1S/C18H20N2O/c1-12-8-9-19-10-15(12)11-20-14(3)18-13(2)16-6-4-5-7-17(16)21-18/h4-10,14,20H,11H2,1-3H3. The molecule has 1 aromatic carbocycles. The minimum Gasteiger partial charge on any atom is -0.459 e. The summed E-state index contributed by atoms with van der Waals surface area (Å²) >= 11 is 0. The first kappa shape index (κ1) is 13.8. The lowest BCUT2D eigenvalue weighted by molar-refractivity contribution is 0.447. The first-order valence-corrected chi connectivity index (χ1v) is 7.27. The molecule has 1 atom stereocenters. The van der Waals surface area contributed by atoms with Crippen molar-refractivity contribution >= 4 is 11.0 Å². The predicted octanol–water partition coefficient (Wildman–Crippen LogP) is 4.30. The van der Waals surface area contributed by atoms with Gasteiger partial charge >= 0.3 is 0 Å². The first-order valence-electron chi connectivity index (χ1n) is 7.27. The van der Waals surface area contributed by atoms with E-state index in [-0.39, 0.29) is 6.04 Å². The maximum atomic E-state index is 6.00. The highest BCUT2D eigenvalue weighted by Gasteiger charge is 2.16. The molecule has 0 bridgehead atoms. The molecule has 0 saturated carbocycles. The minimum absolute atomic E-state index is 0.164. The van der Waals surface area contributed by atoms with Crippen molar-refractivity contribution in [3.63, 3.8) is 0 Å². The molecule has 3 heteroatoms. The third kappa shape index (κ3) is 2.69. The Labute approximate surface area is 125 Å². The first-order chi connectivity index (χ1) is 10.2. The fourth-order valence-electron chi connectivity index (χ4n) is 2.64. The van der Waals surface area contributed by atoms with Gasteiger partial charge in [-0.15, -0.1) is 0 Å². The molecule has 108 valence electrons. The van der Waals surface area contributed by atoms with Gasteiger partial charge in [0.1, 0.15) is 11.3 Å². The topological polar surface area (TPSA) is 38.1 Å². The number of aryl methyl sites for hydroxylation is 2. The molecule has 0 spiro atoms. The van der Waals surface area contributed by atoms with E-state index in [0.29, 0.717) is 0 Å². The molecule has 0 fully saturated rings. The SMILES string of the molecule is Cc1ccncc1CNC(C)c1oc2ccccc2c1C. The molecule has 0 aliphatic heterocycles. The van der Waals surface area contributed by atoms with Crippen molar-refractivity contribution in [3.05, 3.63) is 65.2 Å². The molecule has 2 heterocycles. The number of hydrogen-bond donors (Lipinski definition) is 1. The average molecular weight is 280 g/mol. The van der Waals surface area contributed by atoms with Crippen LogP contribution in [0.4, 0.5) is 0 Å². The highest BCUT2D eigenvalue weighted by Crippen LogP contribution is 2.29. The number of hydrogen-bond acceptors (Lipinski definition) is 3. The fraction of sp³-hybridized carbons (Fsp3) is 0.278. The summed E-state index contributed by atoms with van der Waals surface area (Å²) in [6.45, 7) is 7.15. The van der Waals surface area contributed by atoms with E-state index in [1.165, 1.54) is 22.1 Å². The van der Waals surface area contributed by atoms with Crippen LogP contribution >= 0.6 is 0 Å². The van der Waals surface area contributed by atoms with Gasteiger partial charge < -0.3 is 9.73 Å². The summed E-state index contributed by atoms with van der Waals surface area (Å²) in [6, 6.07) is 10.4. The maximum Gasteiger partial charge on any atom is 0.134 e. The van der Waals surface area contributed by atoms with Crippen molar-refractivity contribution in [2.75, 3.05) is 0 Å². The van der Waals surface area contributed by atoms with Gasteiger partial charge in [0.05, 0.1) is 6.04 Å². The summed E-state index contributed by atoms with van der Waals surface area (Å²) in [4.78, 5) is 4.19. The number of aromatic nitrogens is 1. The Bertz CT molecular complexity index is 761. The molecule has 0 aliphatic carbocycles. The number of para-hydroxylation sites is 1. The van der Waals surface area contributed by atoms with E-state index < -0.39 is 0 Å². The highest BCUT2D eigenvalue weighted by molar-refractivity contribution is 5.82. The molecular formula is C18H20N2O. The van der Waals surface area contributed by atoms with Gasteiger partial charge in [0, 0.05) is 24.3 Å². The molecular weight excluding hydrogens is 260 g/mol. The summed E-state index contributed by atoms with van der Waals surface area (Å²) in [5, 5.41) is 4.72. The Morgan fingerprint density at radius 1 is 1.19 bits per heavy atom. The summed E-state index contributed by atoms with van der Waals surface area (Å²) in [7, 11) is 0. The van der Waals surface area contributed by atoms with Crippen molar-refractivity contribution in [2.24, 2.45) is 0 Å². The Balaban J connectivity index is 1.80. The van der Waals surface area contributed by atoms with E-state index in [0.717, 1.165) is 17.9 Å². The Hall–Kier alpha value is -2.13. The highest BCUT2D eigenvalue weighted by atomic mass is 16.3. The number of furan rings is 1. The van der Waals surface area contributed by atoms with Crippen molar-refractivity contribution in [3.8, 4) is 0 Å². The lowest BCUT2D eigenvalue weighted by atomic mass is 10.1. The van der Waals surface area contributed by atoms with Crippen molar-refractivity contribution in [1.29, 1.82) is 0 Å². The molecule has 1 unspecified atom stereocenters. The van der Waals surface area contributed by atoms with E-state index in [2.05, 4.69) is 37.1 Å². The van der Waals surface area contributed by atoms with Crippen LogP contribution in [0.2, 0.25) is 0 Å². The number of nitrogens with zero attached hydrogens (tertiary/aromatic N) is 1. The van der Waals surface area contributed by atoms with E-state index in [4.69, 9.17) is 4.42 Å². The summed E-state index contributed by atoms with van der Waals surface area (Å²) < 4.78 is 6.00. The molecule has 0 radical (unpaired) electrons. The van der Waals surface area contributed by atoms with Gasteiger partial charge in [-0.1, -0.05) is 18.2 Å². The second-order valence-electron chi connectivity index (χ2n) is 5.49. The Morgan fingerprint density at radius 3 is 2.76 bits per heavy atom. The summed E-state index contributed by atoms with van der Waals surface area (Å²) in [5.74, 6) is 1.01. The number of rotatable bonds is 4. The molecule has 0 saturated heterocycles. The quantitative estimate of drug-likeness (QED) is 0.774. The average Bonchev–Trinajstić information content (AvgIpc) is 2.84. The van der Waals surface area contributed by atoms with Gasteiger partial charge in [0.25, 0.3) is 0 Å².